The molecule has 3 saturated carbocycles. The Hall–Kier alpha value is -2.26. The summed E-state index contributed by atoms with van der Waals surface area (Å²) in [5, 5.41) is 11.0. The Morgan fingerprint density at radius 2 is 1.78 bits per heavy atom. The molecule has 4 aliphatic carbocycles. The second kappa shape index (κ2) is 10.1. The SMILES string of the molecule is C#CC.CN(CC(F)(F)F)c1ccc(C2CC3(C)C(O)CCC3C3CCC4=CC(=O)CCC4(C)C23)cc1. The van der Waals surface area contributed by atoms with Gasteiger partial charge in [-0.3, -0.25) is 4.79 Å². The van der Waals surface area contributed by atoms with E-state index in [1.54, 1.807) is 6.92 Å². The van der Waals surface area contributed by atoms with E-state index in [0.29, 0.717) is 29.9 Å². The maximum Gasteiger partial charge on any atom is 0.405 e. The molecule has 1 aromatic rings. The molecule has 0 bridgehead atoms. The Labute approximate surface area is 219 Å². The fraction of sp³-hybridized carbons (Fsp3) is 0.645. The van der Waals surface area contributed by atoms with Gasteiger partial charge in [-0.25, -0.2) is 0 Å². The molecule has 37 heavy (non-hydrogen) atoms. The number of aliphatic hydroxyl groups excluding tert-OH is 1. The molecule has 0 saturated heterocycles. The molecular weight excluding hydrogens is 475 g/mol. The zero-order valence-electron chi connectivity index (χ0n) is 22.4. The number of carbonyl (C=O) groups is 1. The number of allylic oxidation sites excluding steroid dienone is 1. The van der Waals surface area contributed by atoms with E-state index >= 15 is 0 Å². The molecule has 4 aliphatic rings. The van der Waals surface area contributed by atoms with Crippen LogP contribution in [0.25, 0.3) is 0 Å². The highest BCUT2D eigenvalue weighted by Crippen LogP contribution is 2.68. The number of carbonyl (C=O) groups excluding carboxylic acids is 1. The molecule has 3 fully saturated rings. The highest BCUT2D eigenvalue weighted by molar-refractivity contribution is 5.91. The lowest BCUT2D eigenvalue weighted by Crippen LogP contribution is -2.54. The van der Waals surface area contributed by atoms with Crippen molar-refractivity contribution in [2.24, 2.45) is 28.6 Å². The minimum atomic E-state index is -4.25. The van der Waals surface area contributed by atoms with Gasteiger partial charge in [0.15, 0.2) is 5.78 Å². The summed E-state index contributed by atoms with van der Waals surface area (Å²) in [6.45, 7) is 5.27. The van der Waals surface area contributed by atoms with Crippen molar-refractivity contribution in [3.8, 4) is 12.3 Å². The quantitative estimate of drug-likeness (QED) is 0.445. The number of terminal acetylenes is 1. The second-order valence-electron chi connectivity index (χ2n) is 12.1. The molecule has 7 unspecified atom stereocenters. The van der Waals surface area contributed by atoms with Gasteiger partial charge in [0.2, 0.25) is 0 Å². The standard InChI is InChI=1S/C28H36F3NO2.C3H4/c1-26-13-12-20(33)14-18(26)6-9-21-23-10-11-24(34)27(23,2)15-22(25(21)26)17-4-7-19(8-5-17)32(3)16-28(29,30)31;1-3-2/h4-5,7-8,14,21-25,34H,6,9-13,15-16H2,1-3H3;1H,2H3. The Kier molecular flexibility index (Phi) is 7.60. The third-order valence-corrected chi connectivity index (χ3v) is 10.1. The molecule has 1 aromatic carbocycles. The zero-order chi connectivity index (χ0) is 27.2. The van der Waals surface area contributed by atoms with Crippen molar-refractivity contribution in [2.75, 3.05) is 18.5 Å². The molecule has 202 valence electrons. The number of nitrogens with zero attached hydrogens (tertiary/aromatic N) is 1. The van der Waals surface area contributed by atoms with Gasteiger partial charge in [-0.05, 0) is 104 Å². The van der Waals surface area contributed by atoms with Gasteiger partial charge in [0.05, 0.1) is 6.10 Å². The number of hydrogen-bond donors (Lipinski definition) is 1. The van der Waals surface area contributed by atoms with E-state index in [9.17, 15) is 23.1 Å². The Morgan fingerprint density at radius 3 is 2.41 bits per heavy atom. The van der Waals surface area contributed by atoms with Crippen LogP contribution in [0.15, 0.2) is 35.9 Å². The highest BCUT2D eigenvalue weighted by atomic mass is 19.4. The van der Waals surface area contributed by atoms with E-state index in [-0.39, 0.29) is 28.6 Å². The highest BCUT2D eigenvalue weighted by Gasteiger charge is 2.62. The van der Waals surface area contributed by atoms with Gasteiger partial charge in [-0.15, -0.1) is 12.3 Å². The largest absolute Gasteiger partial charge is 0.405 e. The van der Waals surface area contributed by atoms with Crippen LogP contribution in [0.1, 0.15) is 77.2 Å². The molecule has 0 aliphatic heterocycles. The number of ketones is 1. The number of alkyl halides is 3. The minimum absolute atomic E-state index is 0.0396. The summed E-state index contributed by atoms with van der Waals surface area (Å²) in [7, 11) is 1.47. The van der Waals surface area contributed by atoms with Crippen LogP contribution in [0.2, 0.25) is 0 Å². The molecule has 3 nitrogen and oxygen atoms in total. The molecule has 1 N–H and O–H groups in total. The summed E-state index contributed by atoms with van der Waals surface area (Å²) >= 11 is 0. The lowest BCUT2D eigenvalue weighted by molar-refractivity contribution is -0.119. The van der Waals surface area contributed by atoms with Crippen molar-refractivity contribution >= 4 is 11.5 Å². The summed E-state index contributed by atoms with van der Waals surface area (Å²) in [4.78, 5) is 13.5. The number of rotatable bonds is 3. The lowest BCUT2D eigenvalue weighted by Gasteiger charge is -2.61. The molecule has 0 aromatic heterocycles. The van der Waals surface area contributed by atoms with Gasteiger partial charge < -0.3 is 10.0 Å². The number of fused-ring (bicyclic) bond motifs is 5. The van der Waals surface area contributed by atoms with Gasteiger partial charge in [-0.2, -0.15) is 13.2 Å². The maximum absolute atomic E-state index is 12.9. The van der Waals surface area contributed by atoms with Crippen molar-refractivity contribution < 1.29 is 23.1 Å². The summed E-state index contributed by atoms with van der Waals surface area (Å²) in [5.74, 6) is 4.04. The van der Waals surface area contributed by atoms with Crippen LogP contribution in [-0.4, -0.2) is 36.8 Å². The first kappa shape index (κ1) is 27.8. The Balaban J connectivity index is 0.00000102. The van der Waals surface area contributed by atoms with Crippen molar-refractivity contribution in [3.05, 3.63) is 41.5 Å². The van der Waals surface area contributed by atoms with Crippen LogP contribution in [0, 0.1) is 40.9 Å². The minimum Gasteiger partial charge on any atom is -0.393 e. The van der Waals surface area contributed by atoms with Crippen LogP contribution < -0.4 is 4.90 Å². The van der Waals surface area contributed by atoms with Crippen LogP contribution in [0.5, 0.6) is 0 Å². The van der Waals surface area contributed by atoms with E-state index in [0.717, 1.165) is 44.1 Å². The third-order valence-electron chi connectivity index (χ3n) is 10.1. The predicted octanol–water partition coefficient (Wildman–Crippen LogP) is 6.91. The molecule has 0 heterocycles. The van der Waals surface area contributed by atoms with E-state index in [1.165, 1.54) is 17.5 Å². The molecule has 0 radical (unpaired) electrons. The maximum atomic E-state index is 12.9. The molecule has 5 rings (SSSR count). The predicted molar refractivity (Wildman–Crippen MR) is 141 cm³/mol. The van der Waals surface area contributed by atoms with Crippen LogP contribution in [-0.2, 0) is 4.79 Å². The van der Waals surface area contributed by atoms with Crippen molar-refractivity contribution in [1.82, 2.24) is 0 Å². The molecular formula is C31H40F3NO2. The van der Waals surface area contributed by atoms with Gasteiger partial charge in [-0.1, -0.05) is 31.6 Å². The smallest absolute Gasteiger partial charge is 0.393 e. The lowest BCUT2D eigenvalue weighted by atomic mass is 9.44. The van der Waals surface area contributed by atoms with Gasteiger partial charge >= 0.3 is 6.18 Å². The fourth-order valence-electron chi connectivity index (χ4n) is 8.38. The van der Waals surface area contributed by atoms with Crippen LogP contribution in [0.4, 0.5) is 18.9 Å². The summed E-state index contributed by atoms with van der Waals surface area (Å²) < 4.78 is 38.7. The second-order valence-corrected chi connectivity index (χ2v) is 12.1. The van der Waals surface area contributed by atoms with Crippen LogP contribution in [0.3, 0.4) is 0 Å². The summed E-state index contributed by atoms with van der Waals surface area (Å²) in [6.07, 6.45) is 8.19. The first-order valence-electron chi connectivity index (χ1n) is 13.5. The van der Waals surface area contributed by atoms with E-state index < -0.39 is 12.7 Å². The van der Waals surface area contributed by atoms with E-state index in [4.69, 9.17) is 0 Å². The number of benzene rings is 1. The molecule has 6 heteroatoms. The normalized spacial score (nSPS) is 36.7. The molecule has 0 amide bonds. The third kappa shape index (κ3) is 5.09. The zero-order valence-corrected chi connectivity index (χ0v) is 22.4. The first-order chi connectivity index (χ1) is 17.3. The number of anilines is 1. The molecule has 7 atom stereocenters. The first-order valence-corrected chi connectivity index (χ1v) is 13.5. The van der Waals surface area contributed by atoms with Crippen molar-refractivity contribution in [3.63, 3.8) is 0 Å². The Bertz CT molecular complexity index is 1070. The topological polar surface area (TPSA) is 40.5 Å². The molecule has 0 spiro atoms. The summed E-state index contributed by atoms with van der Waals surface area (Å²) in [5.41, 5.74) is 2.81. The number of hydrogen-bond acceptors (Lipinski definition) is 3. The monoisotopic (exact) mass is 515 g/mol. The van der Waals surface area contributed by atoms with Gasteiger partial charge in [0, 0.05) is 19.2 Å². The Morgan fingerprint density at radius 1 is 1.14 bits per heavy atom. The number of halogens is 3. The van der Waals surface area contributed by atoms with E-state index in [2.05, 4.69) is 26.2 Å². The van der Waals surface area contributed by atoms with Gasteiger partial charge in [0.25, 0.3) is 0 Å². The summed E-state index contributed by atoms with van der Waals surface area (Å²) in [6, 6.07) is 7.62. The van der Waals surface area contributed by atoms with Crippen molar-refractivity contribution in [1.29, 1.82) is 0 Å². The average Bonchev–Trinajstić information content (AvgIpc) is 3.12. The number of aliphatic hydroxyl groups is 1. The average molecular weight is 516 g/mol. The van der Waals surface area contributed by atoms with E-state index in [1.807, 2.05) is 30.3 Å². The van der Waals surface area contributed by atoms with Crippen LogP contribution >= 0.6 is 0 Å². The fourth-order valence-corrected chi connectivity index (χ4v) is 8.38. The van der Waals surface area contributed by atoms with Gasteiger partial charge in [0.1, 0.15) is 6.54 Å². The van der Waals surface area contributed by atoms with Crippen molar-refractivity contribution in [2.45, 2.75) is 83.9 Å².